The highest BCUT2D eigenvalue weighted by atomic mass is 32.1. The Bertz CT molecular complexity index is 878. The van der Waals surface area contributed by atoms with Gasteiger partial charge in [-0.05, 0) is 29.8 Å². The molecule has 0 saturated heterocycles. The molecule has 7 heteroatoms. The van der Waals surface area contributed by atoms with E-state index in [1.54, 1.807) is 32.6 Å². The fourth-order valence-corrected chi connectivity index (χ4v) is 2.83. The lowest BCUT2D eigenvalue weighted by Gasteiger charge is -2.08. The maximum atomic E-state index is 12.9. The molecule has 0 radical (unpaired) electrons. The summed E-state index contributed by atoms with van der Waals surface area (Å²) in [6.45, 7) is 0. The highest BCUT2D eigenvalue weighted by molar-refractivity contribution is 7.14. The van der Waals surface area contributed by atoms with Crippen molar-refractivity contribution < 1.29 is 13.9 Å². The highest BCUT2D eigenvalue weighted by Gasteiger charge is 2.11. The van der Waals surface area contributed by atoms with Crippen molar-refractivity contribution in [2.24, 2.45) is 5.10 Å². The van der Waals surface area contributed by atoms with Gasteiger partial charge in [-0.2, -0.15) is 5.10 Å². The van der Waals surface area contributed by atoms with Crippen LogP contribution in [0.3, 0.4) is 0 Å². The van der Waals surface area contributed by atoms with E-state index in [9.17, 15) is 4.39 Å². The van der Waals surface area contributed by atoms with Gasteiger partial charge in [-0.3, -0.25) is 5.43 Å². The van der Waals surface area contributed by atoms with E-state index in [0.717, 1.165) is 22.6 Å². The van der Waals surface area contributed by atoms with Gasteiger partial charge in [0.2, 0.25) is 5.13 Å². The minimum Gasteiger partial charge on any atom is -0.497 e. The van der Waals surface area contributed by atoms with Crippen LogP contribution < -0.4 is 14.9 Å². The molecule has 0 aliphatic heterocycles. The van der Waals surface area contributed by atoms with E-state index in [0.29, 0.717) is 10.9 Å². The van der Waals surface area contributed by atoms with Gasteiger partial charge in [0.1, 0.15) is 17.3 Å². The highest BCUT2D eigenvalue weighted by Crippen LogP contribution is 2.34. The summed E-state index contributed by atoms with van der Waals surface area (Å²) in [5.74, 6) is 1.13. The molecule has 0 fully saturated rings. The molecule has 0 aliphatic rings. The number of nitrogens with one attached hydrogen (secondary N) is 1. The third kappa shape index (κ3) is 4.13. The number of rotatable bonds is 6. The molecule has 0 aliphatic carbocycles. The van der Waals surface area contributed by atoms with Crippen molar-refractivity contribution >= 4 is 22.7 Å². The molecule has 3 rings (SSSR count). The molecule has 0 bridgehead atoms. The lowest BCUT2D eigenvalue weighted by atomic mass is 10.1. The Morgan fingerprint density at radius 2 is 1.92 bits per heavy atom. The number of halogens is 1. The molecule has 0 atom stereocenters. The fraction of sp³-hybridized carbons (Fsp3) is 0.111. The third-order valence-corrected chi connectivity index (χ3v) is 4.18. The molecular weight excluding hydrogens is 341 g/mol. The van der Waals surface area contributed by atoms with E-state index < -0.39 is 0 Å². The Labute approximate surface area is 148 Å². The Balaban J connectivity index is 1.73. The standard InChI is InChI=1S/C18H16FN3O2S/c1-23-14-7-8-15(17(9-14)24-2)16-11-25-18(21-16)22-20-10-12-3-5-13(19)6-4-12/h3-11H,1-2H3,(H,21,22)/b20-10-. The van der Waals surface area contributed by atoms with Gasteiger partial charge in [0.25, 0.3) is 0 Å². The maximum absolute atomic E-state index is 12.9. The van der Waals surface area contributed by atoms with Crippen molar-refractivity contribution in [3.63, 3.8) is 0 Å². The molecule has 5 nitrogen and oxygen atoms in total. The van der Waals surface area contributed by atoms with Crippen molar-refractivity contribution in [1.29, 1.82) is 0 Å². The first-order chi connectivity index (χ1) is 12.2. The smallest absolute Gasteiger partial charge is 0.203 e. The monoisotopic (exact) mass is 357 g/mol. The number of thiazole rings is 1. The summed E-state index contributed by atoms with van der Waals surface area (Å²) in [6, 6.07) is 11.6. The summed E-state index contributed by atoms with van der Waals surface area (Å²) in [4.78, 5) is 4.50. The number of hydrogen-bond acceptors (Lipinski definition) is 6. The SMILES string of the molecule is COc1ccc(-c2csc(N/N=C\c3ccc(F)cc3)n2)c(OC)c1. The number of anilines is 1. The number of ether oxygens (including phenoxy) is 2. The third-order valence-electron chi connectivity index (χ3n) is 3.43. The van der Waals surface area contributed by atoms with E-state index in [2.05, 4.69) is 15.5 Å². The van der Waals surface area contributed by atoms with Crippen LogP contribution in [0.1, 0.15) is 5.56 Å². The summed E-state index contributed by atoms with van der Waals surface area (Å²) >= 11 is 1.43. The lowest BCUT2D eigenvalue weighted by molar-refractivity contribution is 0.395. The minimum atomic E-state index is -0.275. The molecule has 0 saturated carbocycles. The fourth-order valence-electron chi connectivity index (χ4n) is 2.17. The Hall–Kier alpha value is -2.93. The second-order valence-corrected chi connectivity index (χ2v) is 5.88. The molecule has 0 unspecified atom stereocenters. The van der Waals surface area contributed by atoms with E-state index >= 15 is 0 Å². The van der Waals surface area contributed by atoms with Gasteiger partial charge < -0.3 is 9.47 Å². The van der Waals surface area contributed by atoms with Crippen LogP contribution in [-0.4, -0.2) is 25.4 Å². The molecule has 2 aromatic carbocycles. The van der Waals surface area contributed by atoms with Gasteiger partial charge in [-0.25, -0.2) is 9.37 Å². The van der Waals surface area contributed by atoms with Gasteiger partial charge in [0.05, 0.1) is 26.1 Å². The molecule has 0 amide bonds. The van der Waals surface area contributed by atoms with Gasteiger partial charge >= 0.3 is 0 Å². The van der Waals surface area contributed by atoms with Crippen LogP contribution in [0.2, 0.25) is 0 Å². The Morgan fingerprint density at radius 1 is 1.12 bits per heavy atom. The molecule has 1 aromatic heterocycles. The maximum Gasteiger partial charge on any atom is 0.203 e. The Morgan fingerprint density at radius 3 is 2.64 bits per heavy atom. The van der Waals surface area contributed by atoms with Crippen LogP contribution in [0.4, 0.5) is 9.52 Å². The van der Waals surface area contributed by atoms with Crippen molar-refractivity contribution in [3.8, 4) is 22.8 Å². The summed E-state index contributed by atoms with van der Waals surface area (Å²) in [5.41, 5.74) is 5.32. The normalized spacial score (nSPS) is 10.8. The van der Waals surface area contributed by atoms with E-state index in [1.165, 1.54) is 23.5 Å². The predicted molar refractivity (Wildman–Crippen MR) is 98.3 cm³/mol. The predicted octanol–water partition coefficient (Wildman–Crippen LogP) is 4.41. The first-order valence-corrected chi connectivity index (χ1v) is 8.30. The van der Waals surface area contributed by atoms with E-state index in [4.69, 9.17) is 9.47 Å². The van der Waals surface area contributed by atoms with Crippen LogP contribution in [0.15, 0.2) is 52.9 Å². The zero-order valence-electron chi connectivity index (χ0n) is 13.7. The molecular formula is C18H16FN3O2S. The van der Waals surface area contributed by atoms with Gasteiger partial charge in [0.15, 0.2) is 0 Å². The van der Waals surface area contributed by atoms with E-state index in [-0.39, 0.29) is 5.82 Å². The molecule has 128 valence electrons. The number of benzene rings is 2. The zero-order valence-corrected chi connectivity index (χ0v) is 14.5. The van der Waals surface area contributed by atoms with Gasteiger partial charge in [0, 0.05) is 17.0 Å². The Kier molecular flexibility index (Phi) is 5.25. The van der Waals surface area contributed by atoms with Gasteiger partial charge in [-0.15, -0.1) is 11.3 Å². The lowest BCUT2D eigenvalue weighted by Crippen LogP contribution is -1.92. The second kappa shape index (κ2) is 7.76. The first kappa shape index (κ1) is 16.9. The van der Waals surface area contributed by atoms with Gasteiger partial charge in [-0.1, -0.05) is 12.1 Å². The van der Waals surface area contributed by atoms with Crippen molar-refractivity contribution in [2.75, 3.05) is 19.6 Å². The number of aromatic nitrogens is 1. The molecule has 1 heterocycles. The summed E-state index contributed by atoms with van der Waals surface area (Å²) in [5, 5.41) is 6.68. The second-order valence-electron chi connectivity index (χ2n) is 5.03. The average molecular weight is 357 g/mol. The molecule has 3 aromatic rings. The van der Waals surface area contributed by atoms with E-state index in [1.807, 2.05) is 23.6 Å². The topological polar surface area (TPSA) is 55.7 Å². The first-order valence-electron chi connectivity index (χ1n) is 7.42. The van der Waals surface area contributed by atoms with Crippen LogP contribution in [-0.2, 0) is 0 Å². The van der Waals surface area contributed by atoms with Crippen LogP contribution in [0, 0.1) is 5.82 Å². The molecule has 25 heavy (non-hydrogen) atoms. The number of methoxy groups -OCH3 is 2. The van der Waals surface area contributed by atoms with Crippen molar-refractivity contribution in [2.45, 2.75) is 0 Å². The summed E-state index contributed by atoms with van der Waals surface area (Å²) < 4.78 is 23.5. The largest absolute Gasteiger partial charge is 0.497 e. The zero-order chi connectivity index (χ0) is 17.6. The van der Waals surface area contributed by atoms with Crippen molar-refractivity contribution in [3.05, 3.63) is 59.2 Å². The minimum absolute atomic E-state index is 0.275. The van der Waals surface area contributed by atoms with Crippen LogP contribution in [0.5, 0.6) is 11.5 Å². The number of hydrazone groups is 1. The van der Waals surface area contributed by atoms with Crippen molar-refractivity contribution in [1.82, 2.24) is 4.98 Å². The average Bonchev–Trinajstić information content (AvgIpc) is 3.11. The summed E-state index contributed by atoms with van der Waals surface area (Å²) in [6.07, 6.45) is 1.61. The number of hydrogen-bond donors (Lipinski definition) is 1. The van der Waals surface area contributed by atoms with Crippen LogP contribution >= 0.6 is 11.3 Å². The van der Waals surface area contributed by atoms with Crippen LogP contribution in [0.25, 0.3) is 11.3 Å². The molecule has 1 N–H and O–H groups in total. The molecule has 0 spiro atoms. The number of nitrogens with zero attached hydrogens (tertiary/aromatic N) is 2. The summed E-state index contributed by atoms with van der Waals surface area (Å²) in [7, 11) is 3.22. The quantitative estimate of drug-likeness (QED) is 0.524.